The molecule has 0 radical (unpaired) electrons. The molecule has 1 aliphatic rings. The smallest absolute Gasteiger partial charge is 0.261 e. The number of hydrogen-bond acceptors (Lipinski definition) is 4. The van der Waals surface area contributed by atoms with E-state index in [9.17, 15) is 13.2 Å². The summed E-state index contributed by atoms with van der Waals surface area (Å²) in [5.74, 6) is -0.0838. The topological polar surface area (TPSA) is 66.5 Å². The Bertz CT molecular complexity index is 995. The summed E-state index contributed by atoms with van der Waals surface area (Å²) in [5, 5.41) is 0. The number of anilines is 1. The van der Waals surface area contributed by atoms with E-state index in [1.54, 1.807) is 18.2 Å². The van der Waals surface area contributed by atoms with Crippen LogP contribution in [-0.4, -0.2) is 38.6 Å². The van der Waals surface area contributed by atoms with Crippen molar-refractivity contribution in [1.82, 2.24) is 4.90 Å². The van der Waals surface area contributed by atoms with Gasteiger partial charge in [0.05, 0.1) is 10.5 Å². The molecule has 0 spiro atoms. The maximum absolute atomic E-state index is 13.1. The summed E-state index contributed by atoms with van der Waals surface area (Å²) < 4.78 is 28.6. The summed E-state index contributed by atoms with van der Waals surface area (Å²) in [6.07, 6.45) is 6.15. The van der Waals surface area contributed by atoms with Gasteiger partial charge in [0.15, 0.2) is 0 Å². The molecule has 1 amide bonds. The molecule has 29 heavy (non-hydrogen) atoms. The van der Waals surface area contributed by atoms with Crippen LogP contribution in [0.1, 0.15) is 47.2 Å². The summed E-state index contributed by atoms with van der Waals surface area (Å²) in [7, 11) is -3.79. The van der Waals surface area contributed by atoms with Gasteiger partial charge in [0, 0.05) is 23.7 Å². The van der Waals surface area contributed by atoms with Gasteiger partial charge in [0.25, 0.3) is 15.9 Å². The van der Waals surface area contributed by atoms with Gasteiger partial charge in [0.1, 0.15) is 0 Å². The van der Waals surface area contributed by atoms with Crippen molar-refractivity contribution in [3.05, 3.63) is 53.1 Å². The van der Waals surface area contributed by atoms with Crippen molar-refractivity contribution < 1.29 is 13.2 Å². The van der Waals surface area contributed by atoms with Crippen LogP contribution in [0.15, 0.2) is 46.2 Å². The van der Waals surface area contributed by atoms with Crippen LogP contribution < -0.4 is 4.72 Å². The Morgan fingerprint density at radius 1 is 0.966 bits per heavy atom. The van der Waals surface area contributed by atoms with E-state index in [-0.39, 0.29) is 10.8 Å². The first-order valence-electron chi connectivity index (χ1n) is 9.89. The molecule has 1 saturated heterocycles. The molecule has 0 aliphatic carbocycles. The van der Waals surface area contributed by atoms with Crippen molar-refractivity contribution in [2.45, 2.75) is 49.3 Å². The van der Waals surface area contributed by atoms with Crippen molar-refractivity contribution in [3.8, 4) is 0 Å². The Kier molecular flexibility index (Phi) is 6.90. The number of hydrogen-bond donors (Lipinski definition) is 1. The molecule has 0 unspecified atom stereocenters. The fourth-order valence-corrected chi connectivity index (χ4v) is 5.13. The zero-order chi connectivity index (χ0) is 21.0. The Labute approximate surface area is 177 Å². The first kappa shape index (κ1) is 21.7. The number of benzene rings is 2. The molecule has 0 bridgehead atoms. The van der Waals surface area contributed by atoms with Crippen LogP contribution in [0, 0.1) is 13.8 Å². The standard InChI is InChI=1S/C22H28N2O3S2/c1-16-8-9-18(14-17(16)2)23-29(26,27)19-10-11-21(28-3)20(15-19)22(25)24-12-6-4-5-7-13-24/h8-11,14-15,23H,4-7,12-13H2,1-3H3. The molecule has 7 heteroatoms. The lowest BCUT2D eigenvalue weighted by Gasteiger charge is -2.22. The molecule has 5 nitrogen and oxygen atoms in total. The zero-order valence-corrected chi connectivity index (χ0v) is 18.8. The molecule has 0 saturated carbocycles. The maximum Gasteiger partial charge on any atom is 0.261 e. The second-order valence-electron chi connectivity index (χ2n) is 7.47. The number of nitrogens with zero attached hydrogens (tertiary/aromatic N) is 1. The molecule has 3 rings (SSSR count). The van der Waals surface area contributed by atoms with Crippen LogP contribution in [0.4, 0.5) is 5.69 Å². The number of thioether (sulfide) groups is 1. The molecular weight excluding hydrogens is 404 g/mol. The molecule has 2 aromatic rings. The molecule has 0 atom stereocenters. The van der Waals surface area contributed by atoms with Crippen LogP contribution >= 0.6 is 11.8 Å². The Hall–Kier alpha value is -1.99. The molecule has 0 aromatic heterocycles. The average Bonchev–Trinajstić information content (AvgIpc) is 2.99. The van der Waals surface area contributed by atoms with E-state index in [0.717, 1.165) is 54.8 Å². The SMILES string of the molecule is CSc1ccc(S(=O)(=O)Nc2ccc(C)c(C)c2)cc1C(=O)N1CCCCCC1. The van der Waals surface area contributed by atoms with Gasteiger partial charge < -0.3 is 4.90 Å². The summed E-state index contributed by atoms with van der Waals surface area (Å²) in [6, 6.07) is 10.3. The molecule has 1 heterocycles. The third-order valence-corrected chi connectivity index (χ3v) is 7.54. The van der Waals surface area contributed by atoms with E-state index in [4.69, 9.17) is 0 Å². The second-order valence-corrected chi connectivity index (χ2v) is 10.0. The van der Waals surface area contributed by atoms with Crippen LogP contribution in [-0.2, 0) is 10.0 Å². The lowest BCUT2D eigenvalue weighted by molar-refractivity contribution is 0.0758. The third kappa shape index (κ3) is 5.14. The van der Waals surface area contributed by atoms with E-state index in [1.165, 1.54) is 17.8 Å². The molecule has 1 N–H and O–H groups in total. The van der Waals surface area contributed by atoms with Crippen LogP contribution in [0.25, 0.3) is 0 Å². The largest absolute Gasteiger partial charge is 0.339 e. The van der Waals surface area contributed by atoms with Crippen LogP contribution in [0.3, 0.4) is 0 Å². The lowest BCUT2D eigenvalue weighted by atomic mass is 10.1. The van der Waals surface area contributed by atoms with Gasteiger partial charge in [-0.1, -0.05) is 18.9 Å². The first-order valence-corrected chi connectivity index (χ1v) is 12.6. The number of sulfonamides is 1. The van der Waals surface area contributed by atoms with Gasteiger partial charge in [-0.3, -0.25) is 9.52 Å². The van der Waals surface area contributed by atoms with Gasteiger partial charge in [-0.25, -0.2) is 8.42 Å². The summed E-state index contributed by atoms with van der Waals surface area (Å²) >= 11 is 1.46. The van der Waals surface area contributed by atoms with Crippen LogP contribution in [0.2, 0.25) is 0 Å². The highest BCUT2D eigenvalue weighted by Gasteiger charge is 2.23. The molecule has 1 aliphatic heterocycles. The number of rotatable bonds is 5. The predicted molar refractivity (Wildman–Crippen MR) is 119 cm³/mol. The van der Waals surface area contributed by atoms with Crippen molar-refractivity contribution in [2.75, 3.05) is 24.1 Å². The maximum atomic E-state index is 13.1. The van der Waals surface area contributed by atoms with Gasteiger partial charge in [-0.05, 0) is 74.4 Å². The second kappa shape index (κ2) is 9.22. The fourth-order valence-electron chi connectivity index (χ4n) is 3.48. The summed E-state index contributed by atoms with van der Waals surface area (Å²) in [5.41, 5.74) is 3.09. The highest BCUT2D eigenvalue weighted by Crippen LogP contribution is 2.27. The average molecular weight is 433 g/mol. The highest BCUT2D eigenvalue weighted by molar-refractivity contribution is 7.98. The van der Waals surface area contributed by atoms with Crippen molar-refractivity contribution in [2.24, 2.45) is 0 Å². The molecule has 1 fully saturated rings. The van der Waals surface area contributed by atoms with Gasteiger partial charge in [0.2, 0.25) is 0 Å². The molecule has 156 valence electrons. The minimum atomic E-state index is -3.79. The van der Waals surface area contributed by atoms with Gasteiger partial charge in [-0.15, -0.1) is 11.8 Å². The third-order valence-electron chi connectivity index (χ3n) is 5.36. The predicted octanol–water partition coefficient (Wildman–Crippen LogP) is 4.84. The number of amides is 1. The summed E-state index contributed by atoms with van der Waals surface area (Å²) in [6.45, 7) is 5.38. The van der Waals surface area contributed by atoms with Crippen LogP contribution in [0.5, 0.6) is 0 Å². The van der Waals surface area contributed by atoms with Gasteiger partial charge in [-0.2, -0.15) is 0 Å². The molecule has 2 aromatic carbocycles. The van der Waals surface area contributed by atoms with E-state index in [2.05, 4.69) is 4.72 Å². The normalized spacial score (nSPS) is 15.1. The zero-order valence-electron chi connectivity index (χ0n) is 17.2. The highest BCUT2D eigenvalue weighted by atomic mass is 32.2. The minimum Gasteiger partial charge on any atom is -0.339 e. The van der Waals surface area contributed by atoms with Gasteiger partial charge >= 0.3 is 0 Å². The number of likely N-dealkylation sites (tertiary alicyclic amines) is 1. The van der Waals surface area contributed by atoms with E-state index < -0.39 is 10.0 Å². The molecular formula is C22H28N2O3S2. The number of carbonyl (C=O) groups is 1. The van der Waals surface area contributed by atoms with Crippen molar-refractivity contribution in [3.63, 3.8) is 0 Å². The number of nitrogens with one attached hydrogen (secondary N) is 1. The lowest BCUT2D eigenvalue weighted by Crippen LogP contribution is -2.32. The van der Waals surface area contributed by atoms with E-state index in [1.807, 2.05) is 37.1 Å². The Morgan fingerprint density at radius 2 is 1.66 bits per heavy atom. The summed E-state index contributed by atoms with van der Waals surface area (Å²) in [4.78, 5) is 15.9. The van der Waals surface area contributed by atoms with Crippen molar-refractivity contribution >= 4 is 33.4 Å². The van der Waals surface area contributed by atoms with E-state index in [0.29, 0.717) is 11.3 Å². The Morgan fingerprint density at radius 3 is 2.28 bits per heavy atom. The minimum absolute atomic E-state index is 0.0838. The first-order chi connectivity index (χ1) is 13.8. The quantitative estimate of drug-likeness (QED) is 0.687. The van der Waals surface area contributed by atoms with Crippen molar-refractivity contribution in [1.29, 1.82) is 0 Å². The Balaban J connectivity index is 1.92. The number of carbonyl (C=O) groups excluding carboxylic acids is 1. The monoisotopic (exact) mass is 432 g/mol. The number of aryl methyl sites for hydroxylation is 2. The fraction of sp³-hybridized carbons (Fsp3) is 0.409. The van der Waals surface area contributed by atoms with E-state index >= 15 is 0 Å².